The second-order valence-electron chi connectivity index (χ2n) is 13.8. The average molecular weight is 821 g/mol. The first-order valence-electron chi connectivity index (χ1n) is 21.3. The molecule has 0 aromatic rings. The lowest BCUT2D eigenvalue weighted by atomic mass is 9.99. The zero-order chi connectivity index (χ0) is 43.0. The van der Waals surface area contributed by atoms with Gasteiger partial charge in [0.2, 0.25) is 0 Å². The molecule has 6 atom stereocenters. The molecule has 0 bridgehead atoms. The van der Waals surface area contributed by atoms with E-state index in [9.17, 15) is 30.0 Å². The molecule has 10 nitrogen and oxygen atoms in total. The number of carbonyl (C=O) groups is 2. The van der Waals surface area contributed by atoms with E-state index in [4.69, 9.17) is 18.9 Å². The van der Waals surface area contributed by atoms with Gasteiger partial charge in [-0.1, -0.05) is 148 Å². The van der Waals surface area contributed by atoms with Crippen molar-refractivity contribution in [3.63, 3.8) is 0 Å². The quantitative estimate of drug-likeness (QED) is 0.0224. The Labute approximate surface area is 354 Å². The highest BCUT2D eigenvalue weighted by Gasteiger charge is 2.44. The van der Waals surface area contributed by atoms with Crippen LogP contribution >= 0.6 is 0 Å². The molecule has 10 heteroatoms. The fourth-order valence-corrected chi connectivity index (χ4v) is 5.34. The number of carbonyl (C=O) groups excluding carboxylic acids is 2. The normalized spacial score (nSPS) is 21.4. The summed E-state index contributed by atoms with van der Waals surface area (Å²) in [7, 11) is 0. The van der Waals surface area contributed by atoms with Crippen molar-refractivity contribution < 1.29 is 49.0 Å². The second kappa shape index (κ2) is 38.1. The van der Waals surface area contributed by atoms with Gasteiger partial charge in [0.15, 0.2) is 12.4 Å². The lowest BCUT2D eigenvalue weighted by Gasteiger charge is -2.39. The predicted octanol–water partition coefficient (Wildman–Crippen LogP) is 8.88. The van der Waals surface area contributed by atoms with Gasteiger partial charge >= 0.3 is 11.9 Å². The Morgan fingerprint density at radius 3 is 1.59 bits per heavy atom. The number of allylic oxidation sites excluding steroid dienone is 22. The van der Waals surface area contributed by atoms with E-state index in [1.807, 2.05) is 54.7 Å². The van der Waals surface area contributed by atoms with Crippen LogP contribution in [0.15, 0.2) is 134 Å². The number of hydrogen-bond donors (Lipinski definition) is 4. The Morgan fingerprint density at radius 2 is 1.03 bits per heavy atom. The minimum absolute atomic E-state index is 0.114. The summed E-state index contributed by atoms with van der Waals surface area (Å²) >= 11 is 0. The van der Waals surface area contributed by atoms with Crippen LogP contribution in [0, 0.1) is 0 Å². The molecule has 4 N–H and O–H groups in total. The van der Waals surface area contributed by atoms with Crippen molar-refractivity contribution in [2.45, 2.75) is 141 Å². The molecular weight excluding hydrogens is 749 g/mol. The van der Waals surface area contributed by atoms with E-state index in [0.717, 1.165) is 57.8 Å². The Kier molecular flexibility index (Phi) is 34.1. The molecule has 328 valence electrons. The molecule has 1 saturated heterocycles. The van der Waals surface area contributed by atoms with Crippen molar-refractivity contribution in [3.05, 3.63) is 134 Å². The van der Waals surface area contributed by atoms with Gasteiger partial charge in [-0.3, -0.25) is 9.59 Å². The molecule has 3 unspecified atom stereocenters. The minimum atomic E-state index is -1.62. The van der Waals surface area contributed by atoms with Crippen molar-refractivity contribution in [1.82, 2.24) is 0 Å². The maximum absolute atomic E-state index is 12.7. The maximum Gasteiger partial charge on any atom is 0.306 e. The predicted molar refractivity (Wildman–Crippen MR) is 237 cm³/mol. The van der Waals surface area contributed by atoms with E-state index >= 15 is 0 Å². The zero-order valence-corrected chi connectivity index (χ0v) is 35.4. The molecule has 0 aromatic carbocycles. The van der Waals surface area contributed by atoms with E-state index in [0.29, 0.717) is 19.3 Å². The van der Waals surface area contributed by atoms with Gasteiger partial charge in [0, 0.05) is 12.8 Å². The number of unbranched alkanes of at least 4 members (excludes halogenated alkanes) is 3. The van der Waals surface area contributed by atoms with Crippen LogP contribution in [-0.2, 0) is 28.5 Å². The third kappa shape index (κ3) is 29.7. The van der Waals surface area contributed by atoms with Gasteiger partial charge in [0.05, 0.1) is 13.2 Å². The summed E-state index contributed by atoms with van der Waals surface area (Å²) in [6.45, 7) is 3.00. The van der Waals surface area contributed by atoms with Gasteiger partial charge in [-0.05, 0) is 77.0 Å². The molecule has 0 aromatic heterocycles. The topological polar surface area (TPSA) is 152 Å². The summed E-state index contributed by atoms with van der Waals surface area (Å²) in [4.78, 5) is 25.2. The molecule has 1 aliphatic rings. The highest BCUT2D eigenvalue weighted by Crippen LogP contribution is 2.22. The SMILES string of the molecule is CC/C=C/C=C/C=C/C=C/C=C/CCCC(=O)OC(COC(=O)CCCC/C=C/C/C=C/C/C=C/C/C=C/C/C=C/C/C=C/CC)CO[C@H]1O[C@@H](CO)[C@@H](O)C(O)C1O. The zero-order valence-electron chi connectivity index (χ0n) is 35.4. The number of aliphatic hydroxyl groups excluding tert-OH is 4. The van der Waals surface area contributed by atoms with Gasteiger partial charge in [0.1, 0.15) is 31.0 Å². The Balaban J connectivity index is 2.43. The Bertz CT molecular complexity index is 1410. The van der Waals surface area contributed by atoms with E-state index in [1.54, 1.807) is 0 Å². The number of hydrogen-bond acceptors (Lipinski definition) is 10. The van der Waals surface area contributed by atoms with Crippen LogP contribution in [0.4, 0.5) is 0 Å². The van der Waals surface area contributed by atoms with Crippen LogP contribution in [0.25, 0.3) is 0 Å². The molecular formula is C49H72O10. The minimum Gasteiger partial charge on any atom is -0.462 e. The first-order chi connectivity index (χ1) is 28.8. The highest BCUT2D eigenvalue weighted by molar-refractivity contribution is 5.70. The number of ether oxygens (including phenoxy) is 4. The Morgan fingerprint density at radius 1 is 0.542 bits per heavy atom. The maximum atomic E-state index is 12.7. The number of rotatable bonds is 32. The standard InChI is InChI=1S/C49H72O10/c1-3-5-7-9-11-13-15-17-18-19-20-21-22-23-24-26-27-29-31-33-35-37-44(51)56-40-42(41-57-49-48(55)47(54)46(53)43(39-50)59-49)58-45(52)38-36-34-32-30-28-25-16-14-12-10-8-6-4-2/h5-8,10-14,16-18,20-21,23-25,27-30,32,42-43,46-50,53-55H,3-4,9,15,19,22,26,31,33-41H2,1-2H3/b7-5+,8-6+,12-10+,13-11+,16-14+,18-17+,21-20+,24-23+,28-25+,29-27+,32-30+/t42?,43-,46+,47?,48?,49-/m0/s1. The molecule has 1 rings (SSSR count). The third-order valence-corrected chi connectivity index (χ3v) is 8.66. The van der Waals surface area contributed by atoms with Crippen molar-refractivity contribution in [2.75, 3.05) is 19.8 Å². The lowest BCUT2D eigenvalue weighted by Crippen LogP contribution is -2.59. The largest absolute Gasteiger partial charge is 0.462 e. The smallest absolute Gasteiger partial charge is 0.306 e. The van der Waals surface area contributed by atoms with E-state index in [1.165, 1.54) is 0 Å². The summed E-state index contributed by atoms with van der Waals surface area (Å²) in [6.07, 6.45) is 47.6. The third-order valence-electron chi connectivity index (χ3n) is 8.66. The monoisotopic (exact) mass is 821 g/mol. The first-order valence-corrected chi connectivity index (χ1v) is 21.3. The van der Waals surface area contributed by atoms with Crippen LogP contribution in [0.2, 0.25) is 0 Å². The summed E-state index contributed by atoms with van der Waals surface area (Å²) in [5.41, 5.74) is 0. The van der Waals surface area contributed by atoms with E-state index in [-0.39, 0.29) is 26.1 Å². The van der Waals surface area contributed by atoms with Crippen LogP contribution in [0.1, 0.15) is 104 Å². The summed E-state index contributed by atoms with van der Waals surface area (Å²) in [6, 6.07) is 0. The van der Waals surface area contributed by atoms with Crippen molar-refractivity contribution >= 4 is 11.9 Å². The average Bonchev–Trinajstić information content (AvgIpc) is 3.23. The molecule has 0 aliphatic carbocycles. The molecule has 0 radical (unpaired) electrons. The summed E-state index contributed by atoms with van der Waals surface area (Å²) in [5, 5.41) is 40.0. The molecule has 0 saturated carbocycles. The molecule has 0 spiro atoms. The van der Waals surface area contributed by atoms with Crippen LogP contribution in [0.3, 0.4) is 0 Å². The van der Waals surface area contributed by atoms with Crippen molar-refractivity contribution in [1.29, 1.82) is 0 Å². The summed E-state index contributed by atoms with van der Waals surface area (Å²) < 4.78 is 22.0. The van der Waals surface area contributed by atoms with Crippen molar-refractivity contribution in [2.24, 2.45) is 0 Å². The lowest BCUT2D eigenvalue weighted by molar-refractivity contribution is -0.305. The van der Waals surface area contributed by atoms with Gasteiger partial charge in [-0.2, -0.15) is 0 Å². The first kappa shape index (κ1) is 52.9. The number of esters is 2. The fourth-order valence-electron chi connectivity index (χ4n) is 5.34. The fraction of sp³-hybridized carbons (Fsp3) is 0.510. The van der Waals surface area contributed by atoms with Crippen molar-refractivity contribution in [3.8, 4) is 0 Å². The van der Waals surface area contributed by atoms with Crippen LogP contribution in [0.5, 0.6) is 0 Å². The van der Waals surface area contributed by atoms with Crippen LogP contribution < -0.4 is 0 Å². The van der Waals surface area contributed by atoms with Gasteiger partial charge in [-0.15, -0.1) is 0 Å². The number of aliphatic hydroxyl groups is 4. The molecule has 1 heterocycles. The molecule has 1 aliphatic heterocycles. The highest BCUT2D eigenvalue weighted by atomic mass is 16.7. The molecule has 59 heavy (non-hydrogen) atoms. The van der Waals surface area contributed by atoms with Gasteiger partial charge in [0.25, 0.3) is 0 Å². The Hall–Kier alpha value is -4.16. The van der Waals surface area contributed by atoms with Crippen LogP contribution in [-0.4, -0.2) is 89.0 Å². The second-order valence-corrected chi connectivity index (χ2v) is 13.8. The van der Waals surface area contributed by atoms with E-state index < -0.39 is 55.4 Å². The van der Waals surface area contributed by atoms with Gasteiger partial charge < -0.3 is 39.4 Å². The molecule has 0 amide bonds. The van der Waals surface area contributed by atoms with Gasteiger partial charge in [-0.25, -0.2) is 0 Å². The van der Waals surface area contributed by atoms with E-state index in [2.05, 4.69) is 92.8 Å². The summed E-state index contributed by atoms with van der Waals surface area (Å²) in [5.74, 6) is -0.963. The molecule has 1 fully saturated rings.